The molecule has 0 radical (unpaired) electrons. The van der Waals surface area contributed by atoms with Crippen molar-refractivity contribution in [3.8, 4) is 5.75 Å². The van der Waals surface area contributed by atoms with E-state index in [2.05, 4.69) is 26.0 Å². The van der Waals surface area contributed by atoms with E-state index in [1.54, 1.807) is 5.56 Å². The summed E-state index contributed by atoms with van der Waals surface area (Å²) in [6, 6.07) is 4.38. The van der Waals surface area contributed by atoms with Crippen molar-refractivity contribution in [1.29, 1.82) is 0 Å². The van der Waals surface area contributed by atoms with Gasteiger partial charge in [-0.3, -0.25) is 0 Å². The van der Waals surface area contributed by atoms with Gasteiger partial charge in [-0.05, 0) is 103 Å². The average molecular weight is 328 g/mol. The Kier molecular flexibility index (Phi) is 4.15. The van der Waals surface area contributed by atoms with Gasteiger partial charge in [0, 0.05) is 6.61 Å². The van der Waals surface area contributed by atoms with Crippen molar-refractivity contribution in [2.75, 3.05) is 6.61 Å². The van der Waals surface area contributed by atoms with Gasteiger partial charge in [-0.15, -0.1) is 0 Å². The predicted octanol–water partition coefficient (Wildman–Crippen LogP) is 4.81. The third-order valence-corrected chi connectivity index (χ3v) is 7.98. The van der Waals surface area contributed by atoms with E-state index in [4.69, 9.17) is 0 Å². The molecule has 0 spiro atoms. The minimum atomic E-state index is 0.350. The molecule has 2 saturated carbocycles. The van der Waals surface area contributed by atoms with Crippen molar-refractivity contribution in [2.45, 2.75) is 71.1 Å². The van der Waals surface area contributed by atoms with E-state index in [0.717, 1.165) is 42.6 Å². The molecule has 4 rings (SSSR count). The highest BCUT2D eigenvalue weighted by Crippen LogP contribution is 2.63. The van der Waals surface area contributed by atoms with Crippen LogP contribution in [0.5, 0.6) is 5.75 Å². The van der Waals surface area contributed by atoms with E-state index in [1.165, 1.54) is 37.7 Å². The minimum absolute atomic E-state index is 0.350. The molecule has 5 atom stereocenters. The van der Waals surface area contributed by atoms with Gasteiger partial charge in [-0.2, -0.15) is 0 Å². The Labute approximate surface area is 146 Å². The monoisotopic (exact) mass is 328 g/mol. The lowest BCUT2D eigenvalue weighted by Crippen LogP contribution is -2.42. The maximum atomic E-state index is 10.2. The summed E-state index contributed by atoms with van der Waals surface area (Å²) in [5, 5.41) is 19.7. The number of fused-ring (bicyclic) bond motifs is 5. The van der Waals surface area contributed by atoms with Crippen LogP contribution in [-0.2, 0) is 12.8 Å². The van der Waals surface area contributed by atoms with E-state index in [0.29, 0.717) is 23.7 Å². The maximum Gasteiger partial charge on any atom is 0.119 e. The normalized spacial score (nSPS) is 37.6. The fourth-order valence-electron chi connectivity index (χ4n) is 6.68. The number of aliphatic hydroxyl groups is 1. The van der Waals surface area contributed by atoms with Crippen LogP contribution < -0.4 is 0 Å². The van der Waals surface area contributed by atoms with Crippen LogP contribution in [0.15, 0.2) is 12.1 Å². The molecule has 2 N–H and O–H groups in total. The third kappa shape index (κ3) is 2.33. The average Bonchev–Trinajstić information content (AvgIpc) is 2.91. The molecular formula is C22H32O2. The first-order chi connectivity index (χ1) is 11.6. The fraction of sp³-hybridized carbons (Fsp3) is 0.727. The number of hydrogen-bond acceptors (Lipinski definition) is 2. The molecule has 1 aromatic rings. The lowest BCUT2D eigenvalue weighted by Gasteiger charge is -2.51. The molecule has 2 heteroatoms. The van der Waals surface area contributed by atoms with E-state index in [1.807, 2.05) is 0 Å². The number of hydrogen-bond donors (Lipinski definition) is 2. The van der Waals surface area contributed by atoms with Crippen LogP contribution in [0.1, 0.15) is 75.0 Å². The summed E-state index contributed by atoms with van der Waals surface area (Å²) in [5.74, 6) is 3.57. The van der Waals surface area contributed by atoms with Crippen LogP contribution in [0, 0.1) is 23.2 Å². The van der Waals surface area contributed by atoms with Gasteiger partial charge < -0.3 is 10.2 Å². The molecule has 0 bridgehead atoms. The second kappa shape index (κ2) is 6.05. The Morgan fingerprint density at radius 2 is 2.00 bits per heavy atom. The quantitative estimate of drug-likeness (QED) is 0.836. The minimum Gasteiger partial charge on any atom is -0.508 e. The van der Waals surface area contributed by atoms with Gasteiger partial charge >= 0.3 is 0 Å². The molecule has 0 saturated heterocycles. The first kappa shape index (κ1) is 16.4. The number of aromatic hydroxyl groups is 1. The second-order valence-electron chi connectivity index (χ2n) is 8.78. The van der Waals surface area contributed by atoms with Gasteiger partial charge in [0.05, 0.1) is 0 Å². The summed E-state index contributed by atoms with van der Waals surface area (Å²) < 4.78 is 0. The zero-order valence-corrected chi connectivity index (χ0v) is 15.2. The third-order valence-electron chi connectivity index (χ3n) is 7.98. The summed E-state index contributed by atoms with van der Waals surface area (Å²) in [5.41, 5.74) is 4.52. The van der Waals surface area contributed by atoms with Crippen molar-refractivity contribution in [3.05, 3.63) is 28.8 Å². The van der Waals surface area contributed by atoms with Crippen molar-refractivity contribution in [1.82, 2.24) is 0 Å². The molecule has 0 unspecified atom stereocenters. The Balaban J connectivity index is 1.66. The van der Waals surface area contributed by atoms with E-state index in [9.17, 15) is 10.2 Å². The molecule has 2 nitrogen and oxygen atoms in total. The molecule has 0 amide bonds. The number of aryl methyl sites for hydroxylation is 2. The molecule has 1 aromatic carbocycles. The first-order valence-corrected chi connectivity index (χ1v) is 10.0. The van der Waals surface area contributed by atoms with Gasteiger partial charge in [0.25, 0.3) is 0 Å². The number of rotatable bonds is 3. The molecule has 132 valence electrons. The summed E-state index contributed by atoms with van der Waals surface area (Å²) in [4.78, 5) is 0. The van der Waals surface area contributed by atoms with Crippen LogP contribution >= 0.6 is 0 Å². The SMILES string of the molecule is CCc1cc2c(cc1O)CC[C@@H]1[C@@H]2CC[C@]2(C)[C@@H](CCO)CC[C@@H]12. The smallest absolute Gasteiger partial charge is 0.119 e. The van der Waals surface area contributed by atoms with Gasteiger partial charge in [0.1, 0.15) is 5.75 Å². The van der Waals surface area contributed by atoms with Crippen molar-refractivity contribution in [2.24, 2.45) is 23.2 Å². The van der Waals surface area contributed by atoms with Gasteiger partial charge in [0.15, 0.2) is 0 Å². The second-order valence-corrected chi connectivity index (χ2v) is 8.78. The summed E-state index contributed by atoms with van der Waals surface area (Å²) in [6.07, 6.45) is 9.60. The number of aliphatic hydroxyl groups excluding tert-OH is 1. The van der Waals surface area contributed by atoms with Crippen LogP contribution in [0.25, 0.3) is 0 Å². The van der Waals surface area contributed by atoms with Gasteiger partial charge in [0.2, 0.25) is 0 Å². The molecule has 2 fully saturated rings. The molecule has 0 heterocycles. The summed E-state index contributed by atoms with van der Waals surface area (Å²) >= 11 is 0. The first-order valence-electron chi connectivity index (χ1n) is 10.0. The van der Waals surface area contributed by atoms with E-state index in [-0.39, 0.29) is 0 Å². The van der Waals surface area contributed by atoms with Gasteiger partial charge in [-0.25, -0.2) is 0 Å². The summed E-state index contributed by atoms with van der Waals surface area (Å²) in [7, 11) is 0. The highest BCUT2D eigenvalue weighted by Gasteiger charge is 2.54. The van der Waals surface area contributed by atoms with Crippen molar-refractivity contribution in [3.63, 3.8) is 0 Å². The van der Waals surface area contributed by atoms with Crippen molar-refractivity contribution < 1.29 is 10.2 Å². The van der Waals surface area contributed by atoms with Crippen LogP contribution in [-0.4, -0.2) is 16.8 Å². The topological polar surface area (TPSA) is 40.5 Å². The molecule has 0 aromatic heterocycles. The molecule has 3 aliphatic rings. The number of benzene rings is 1. The Morgan fingerprint density at radius 1 is 1.17 bits per heavy atom. The number of phenols is 1. The Hall–Kier alpha value is -1.02. The largest absolute Gasteiger partial charge is 0.508 e. The van der Waals surface area contributed by atoms with E-state index < -0.39 is 0 Å². The Bertz CT molecular complexity index is 623. The lowest BCUT2D eigenvalue weighted by molar-refractivity contribution is 0.0209. The molecule has 24 heavy (non-hydrogen) atoms. The highest BCUT2D eigenvalue weighted by atomic mass is 16.3. The predicted molar refractivity (Wildman–Crippen MR) is 97.3 cm³/mol. The lowest BCUT2D eigenvalue weighted by atomic mass is 9.54. The summed E-state index contributed by atoms with van der Waals surface area (Å²) in [6.45, 7) is 5.00. The van der Waals surface area contributed by atoms with Crippen LogP contribution in [0.3, 0.4) is 0 Å². The molecule has 3 aliphatic carbocycles. The fourth-order valence-corrected chi connectivity index (χ4v) is 6.68. The zero-order chi connectivity index (χ0) is 16.9. The van der Waals surface area contributed by atoms with Crippen LogP contribution in [0.4, 0.5) is 0 Å². The van der Waals surface area contributed by atoms with Crippen LogP contribution in [0.2, 0.25) is 0 Å². The Morgan fingerprint density at radius 3 is 2.75 bits per heavy atom. The maximum absolute atomic E-state index is 10.2. The van der Waals surface area contributed by atoms with Crippen molar-refractivity contribution >= 4 is 0 Å². The zero-order valence-electron chi connectivity index (χ0n) is 15.2. The standard InChI is InChI=1S/C22H32O2/c1-3-14-12-19-15(13-21(14)24)4-6-18-17(19)8-10-22(2)16(9-11-23)5-7-20(18)22/h12-13,16-18,20,23-24H,3-11H2,1-2H3/t16-,17+,18-,20+,22-/m1/s1. The molecular weight excluding hydrogens is 296 g/mol. The van der Waals surface area contributed by atoms with Gasteiger partial charge in [-0.1, -0.05) is 19.9 Å². The highest BCUT2D eigenvalue weighted by molar-refractivity contribution is 5.45. The molecule has 0 aliphatic heterocycles. The van der Waals surface area contributed by atoms with E-state index >= 15 is 0 Å². The number of phenolic OH excluding ortho intramolecular Hbond substituents is 1.